The molecule has 3 N–H and O–H groups in total. The molecule has 1 amide bonds. The standard InChI is InChI=1S/C23H18ClN3O4S/c24-16-8-6-15(7-9-16)13-26-23(29)20-14-25-21-12-17(10-11-19(21)22(20)28)27-32(30,31)18-4-2-1-3-5-18/h1-12,14,27H,13H2,(H,25,28)(H,26,29). The molecule has 0 saturated heterocycles. The number of aromatic nitrogens is 1. The van der Waals surface area contributed by atoms with Gasteiger partial charge in [0.15, 0.2) is 0 Å². The number of anilines is 1. The van der Waals surface area contributed by atoms with Crippen molar-refractivity contribution in [1.82, 2.24) is 10.3 Å². The number of carbonyl (C=O) groups is 1. The lowest BCUT2D eigenvalue weighted by Gasteiger charge is -2.10. The first-order valence-corrected chi connectivity index (χ1v) is 11.5. The van der Waals surface area contributed by atoms with Gasteiger partial charge in [0.2, 0.25) is 5.43 Å². The molecule has 0 atom stereocenters. The monoisotopic (exact) mass is 467 g/mol. The van der Waals surface area contributed by atoms with Gasteiger partial charge < -0.3 is 10.3 Å². The van der Waals surface area contributed by atoms with Crippen LogP contribution in [0.4, 0.5) is 5.69 Å². The van der Waals surface area contributed by atoms with E-state index in [0.717, 1.165) is 5.56 Å². The maximum atomic E-state index is 12.8. The molecule has 0 aliphatic carbocycles. The summed E-state index contributed by atoms with van der Waals surface area (Å²) in [6.07, 6.45) is 1.32. The maximum absolute atomic E-state index is 12.8. The van der Waals surface area contributed by atoms with Crippen molar-refractivity contribution in [2.24, 2.45) is 0 Å². The quantitative estimate of drug-likeness (QED) is 0.399. The third-order valence-electron chi connectivity index (χ3n) is 4.80. The van der Waals surface area contributed by atoms with Gasteiger partial charge in [0, 0.05) is 23.2 Å². The van der Waals surface area contributed by atoms with Crippen LogP contribution in [0.1, 0.15) is 15.9 Å². The summed E-state index contributed by atoms with van der Waals surface area (Å²) in [5.74, 6) is -0.517. The molecule has 0 saturated carbocycles. The molecule has 4 aromatic rings. The first-order valence-electron chi connectivity index (χ1n) is 9.59. The van der Waals surface area contributed by atoms with E-state index < -0.39 is 21.4 Å². The Labute approximate surface area is 189 Å². The fourth-order valence-electron chi connectivity index (χ4n) is 3.15. The molecule has 0 radical (unpaired) electrons. The van der Waals surface area contributed by atoms with Gasteiger partial charge in [0.05, 0.1) is 16.1 Å². The van der Waals surface area contributed by atoms with Crippen LogP contribution < -0.4 is 15.5 Å². The molecule has 9 heteroatoms. The minimum Gasteiger partial charge on any atom is -0.360 e. The van der Waals surface area contributed by atoms with E-state index in [1.807, 2.05) is 0 Å². The van der Waals surface area contributed by atoms with Crippen molar-refractivity contribution in [3.63, 3.8) is 0 Å². The molecule has 1 aromatic heterocycles. The van der Waals surface area contributed by atoms with Crippen LogP contribution in [0, 0.1) is 0 Å². The van der Waals surface area contributed by atoms with Gasteiger partial charge in [-0.15, -0.1) is 0 Å². The zero-order valence-electron chi connectivity index (χ0n) is 16.6. The molecule has 32 heavy (non-hydrogen) atoms. The number of pyridine rings is 1. The minimum absolute atomic E-state index is 0.0379. The summed E-state index contributed by atoms with van der Waals surface area (Å²) in [4.78, 5) is 28.3. The second kappa shape index (κ2) is 8.86. The Bertz CT molecular complexity index is 1450. The Kier molecular flexibility index (Phi) is 5.98. The number of carbonyl (C=O) groups excluding carboxylic acids is 1. The van der Waals surface area contributed by atoms with Gasteiger partial charge in [-0.25, -0.2) is 8.42 Å². The van der Waals surface area contributed by atoms with Crippen LogP contribution in [0.15, 0.2) is 88.7 Å². The number of nitrogens with one attached hydrogen (secondary N) is 3. The van der Waals surface area contributed by atoms with Gasteiger partial charge in [-0.3, -0.25) is 14.3 Å². The van der Waals surface area contributed by atoms with Crippen molar-refractivity contribution in [2.45, 2.75) is 11.4 Å². The third kappa shape index (κ3) is 4.66. The zero-order valence-corrected chi connectivity index (χ0v) is 18.2. The van der Waals surface area contributed by atoms with Crippen molar-refractivity contribution in [3.8, 4) is 0 Å². The van der Waals surface area contributed by atoms with Crippen molar-refractivity contribution < 1.29 is 13.2 Å². The summed E-state index contributed by atoms with van der Waals surface area (Å²) >= 11 is 5.85. The van der Waals surface area contributed by atoms with Crippen molar-refractivity contribution in [1.29, 1.82) is 0 Å². The van der Waals surface area contributed by atoms with E-state index in [-0.39, 0.29) is 28.1 Å². The fraction of sp³-hybridized carbons (Fsp3) is 0.0435. The van der Waals surface area contributed by atoms with Gasteiger partial charge >= 0.3 is 0 Å². The van der Waals surface area contributed by atoms with E-state index in [1.54, 1.807) is 42.5 Å². The SMILES string of the molecule is O=C(NCc1ccc(Cl)cc1)c1c[nH]c2cc(NS(=O)(=O)c3ccccc3)ccc2c1=O. The maximum Gasteiger partial charge on any atom is 0.261 e. The number of hydrogen-bond acceptors (Lipinski definition) is 4. The van der Waals surface area contributed by atoms with Crippen LogP contribution >= 0.6 is 11.6 Å². The second-order valence-electron chi connectivity index (χ2n) is 7.02. The van der Waals surface area contributed by atoms with Gasteiger partial charge in [0.25, 0.3) is 15.9 Å². The minimum atomic E-state index is -3.76. The number of rotatable bonds is 6. The van der Waals surface area contributed by atoms with Crippen LogP contribution in [0.25, 0.3) is 10.9 Å². The Morgan fingerprint density at radius 1 is 0.969 bits per heavy atom. The average molecular weight is 468 g/mol. The van der Waals surface area contributed by atoms with E-state index >= 15 is 0 Å². The molecule has 4 rings (SSSR count). The van der Waals surface area contributed by atoms with Crippen molar-refractivity contribution in [2.75, 3.05) is 4.72 Å². The molecule has 3 aromatic carbocycles. The highest BCUT2D eigenvalue weighted by Crippen LogP contribution is 2.19. The van der Waals surface area contributed by atoms with Crippen molar-refractivity contribution >= 4 is 44.1 Å². The first kappa shape index (κ1) is 21.6. The predicted octanol–water partition coefficient (Wildman–Crippen LogP) is 3.91. The first-order chi connectivity index (χ1) is 15.3. The van der Waals surface area contributed by atoms with Crippen LogP contribution in [-0.4, -0.2) is 19.3 Å². The highest BCUT2D eigenvalue weighted by atomic mass is 35.5. The number of halogens is 1. The molecule has 0 unspecified atom stereocenters. The fourth-order valence-corrected chi connectivity index (χ4v) is 4.34. The molecule has 7 nitrogen and oxygen atoms in total. The molecule has 0 fully saturated rings. The van der Waals surface area contributed by atoms with Crippen LogP contribution in [0.2, 0.25) is 5.02 Å². The Balaban J connectivity index is 1.55. The lowest BCUT2D eigenvalue weighted by atomic mass is 10.1. The molecule has 0 aliphatic rings. The van der Waals surface area contributed by atoms with Gasteiger partial charge in [0.1, 0.15) is 5.56 Å². The summed E-state index contributed by atoms with van der Waals surface area (Å²) in [5, 5.41) is 3.57. The molecule has 1 heterocycles. The smallest absolute Gasteiger partial charge is 0.261 e. The summed E-state index contributed by atoms with van der Waals surface area (Å²) in [6.45, 7) is 0.244. The van der Waals surface area contributed by atoms with Crippen LogP contribution in [0.5, 0.6) is 0 Å². The van der Waals surface area contributed by atoms with E-state index in [2.05, 4.69) is 15.0 Å². The van der Waals surface area contributed by atoms with Gasteiger partial charge in [-0.1, -0.05) is 41.9 Å². The Hall–Kier alpha value is -3.62. The van der Waals surface area contributed by atoms with E-state index in [1.165, 1.54) is 36.5 Å². The van der Waals surface area contributed by atoms with E-state index in [0.29, 0.717) is 10.5 Å². The number of amides is 1. The third-order valence-corrected chi connectivity index (χ3v) is 6.45. The zero-order chi connectivity index (χ0) is 22.7. The summed E-state index contributed by atoms with van der Waals surface area (Å²) < 4.78 is 27.5. The van der Waals surface area contributed by atoms with Crippen LogP contribution in [-0.2, 0) is 16.6 Å². The molecular formula is C23H18ClN3O4S. The van der Waals surface area contributed by atoms with Gasteiger partial charge in [-0.2, -0.15) is 0 Å². The molecule has 0 aliphatic heterocycles. The highest BCUT2D eigenvalue weighted by molar-refractivity contribution is 7.92. The molecular weight excluding hydrogens is 450 g/mol. The number of H-pyrrole nitrogens is 1. The summed E-state index contributed by atoms with van der Waals surface area (Å²) in [6, 6.07) is 19.4. The van der Waals surface area contributed by atoms with E-state index in [4.69, 9.17) is 11.6 Å². The Morgan fingerprint density at radius 2 is 1.69 bits per heavy atom. The number of benzene rings is 3. The Morgan fingerprint density at radius 3 is 2.41 bits per heavy atom. The number of fused-ring (bicyclic) bond motifs is 1. The average Bonchev–Trinajstić information content (AvgIpc) is 2.79. The largest absolute Gasteiger partial charge is 0.360 e. The lowest BCUT2D eigenvalue weighted by molar-refractivity contribution is 0.0949. The van der Waals surface area contributed by atoms with E-state index in [9.17, 15) is 18.0 Å². The molecule has 162 valence electrons. The van der Waals surface area contributed by atoms with Gasteiger partial charge in [-0.05, 0) is 48.0 Å². The molecule has 0 spiro atoms. The summed E-state index contributed by atoms with van der Waals surface area (Å²) in [7, 11) is -3.76. The summed E-state index contributed by atoms with van der Waals surface area (Å²) in [5.41, 5.74) is 1.04. The number of hydrogen-bond donors (Lipinski definition) is 3. The number of aromatic amines is 1. The van der Waals surface area contributed by atoms with Crippen LogP contribution in [0.3, 0.4) is 0 Å². The predicted molar refractivity (Wildman–Crippen MR) is 124 cm³/mol. The van der Waals surface area contributed by atoms with Crippen molar-refractivity contribution in [3.05, 3.63) is 105 Å². The highest BCUT2D eigenvalue weighted by Gasteiger charge is 2.16. The normalized spacial score (nSPS) is 11.3. The second-order valence-corrected chi connectivity index (χ2v) is 9.14. The lowest BCUT2D eigenvalue weighted by Crippen LogP contribution is -2.28. The molecule has 0 bridgehead atoms. The topological polar surface area (TPSA) is 108 Å². The number of sulfonamides is 1.